The van der Waals surface area contributed by atoms with Gasteiger partial charge in [-0.15, -0.1) is 5.10 Å². The van der Waals surface area contributed by atoms with Crippen LogP contribution in [-0.4, -0.2) is 53.2 Å². The van der Waals surface area contributed by atoms with Crippen molar-refractivity contribution in [1.29, 1.82) is 0 Å². The zero-order valence-electron chi connectivity index (χ0n) is 17.0. The number of methoxy groups -OCH3 is 2. The molecule has 1 fully saturated rings. The zero-order chi connectivity index (χ0) is 20.9. The summed E-state index contributed by atoms with van der Waals surface area (Å²) in [6.07, 6.45) is 1.66. The normalized spacial score (nSPS) is 16.5. The Labute approximate surface area is 175 Å². The van der Waals surface area contributed by atoms with Gasteiger partial charge in [-0.3, -0.25) is 4.90 Å². The van der Waals surface area contributed by atoms with E-state index in [1.165, 1.54) is 12.7 Å². The number of aromatic nitrogens is 3. The van der Waals surface area contributed by atoms with Crippen LogP contribution in [0.3, 0.4) is 0 Å². The maximum absolute atomic E-state index is 11.7. The third-order valence-electron chi connectivity index (χ3n) is 5.03. The molecule has 0 spiro atoms. The largest absolute Gasteiger partial charge is 0.497 e. The van der Waals surface area contributed by atoms with E-state index < -0.39 is 0 Å². The first-order valence-electron chi connectivity index (χ1n) is 9.72. The van der Waals surface area contributed by atoms with Crippen molar-refractivity contribution in [2.45, 2.75) is 19.3 Å². The predicted molar refractivity (Wildman–Crippen MR) is 109 cm³/mol. The lowest BCUT2D eigenvalue weighted by molar-refractivity contribution is 0.0252. The summed E-state index contributed by atoms with van der Waals surface area (Å²) in [4.78, 5) is 14.0. The SMILES string of the molecule is COC(=O)c1cccc(Cn2cc([C@@H]3OCCN3Cc3ccc(OC)cc3)nn2)c1. The smallest absolute Gasteiger partial charge is 0.337 e. The van der Waals surface area contributed by atoms with E-state index in [1.54, 1.807) is 23.9 Å². The standard InChI is InChI=1S/C22H24N4O4/c1-28-19-8-6-16(7-9-19)13-25-10-11-30-21(25)20-15-26(24-23-20)14-17-4-3-5-18(12-17)22(27)29-2/h3-9,12,15,21H,10-11,13-14H2,1-2H3/t21-/m0/s1. The van der Waals surface area contributed by atoms with Crippen LogP contribution in [0, 0.1) is 0 Å². The molecule has 4 rings (SSSR count). The molecule has 1 atom stereocenters. The maximum Gasteiger partial charge on any atom is 0.337 e. The molecule has 2 aromatic carbocycles. The molecule has 0 bridgehead atoms. The summed E-state index contributed by atoms with van der Waals surface area (Å²) in [6.45, 7) is 2.73. The van der Waals surface area contributed by atoms with Crippen molar-refractivity contribution < 1.29 is 19.0 Å². The third-order valence-corrected chi connectivity index (χ3v) is 5.03. The number of esters is 1. The van der Waals surface area contributed by atoms with Crippen LogP contribution in [0.15, 0.2) is 54.7 Å². The van der Waals surface area contributed by atoms with Gasteiger partial charge in [0.25, 0.3) is 0 Å². The Hall–Kier alpha value is -3.23. The second-order valence-corrected chi connectivity index (χ2v) is 7.07. The van der Waals surface area contributed by atoms with Crippen LogP contribution in [-0.2, 0) is 22.6 Å². The Morgan fingerprint density at radius 3 is 2.73 bits per heavy atom. The molecule has 0 amide bonds. The highest BCUT2D eigenvalue weighted by atomic mass is 16.5. The monoisotopic (exact) mass is 408 g/mol. The Kier molecular flexibility index (Phi) is 6.06. The average Bonchev–Trinajstić information content (AvgIpc) is 3.43. The van der Waals surface area contributed by atoms with E-state index in [9.17, 15) is 4.79 Å². The van der Waals surface area contributed by atoms with Gasteiger partial charge in [0.15, 0.2) is 6.23 Å². The highest BCUT2D eigenvalue weighted by molar-refractivity contribution is 5.89. The Bertz CT molecular complexity index is 1000. The van der Waals surface area contributed by atoms with Gasteiger partial charge in [-0.05, 0) is 35.4 Å². The molecule has 0 unspecified atom stereocenters. The summed E-state index contributed by atoms with van der Waals surface area (Å²) in [5.74, 6) is 0.483. The minimum Gasteiger partial charge on any atom is -0.497 e. The van der Waals surface area contributed by atoms with Crippen LogP contribution < -0.4 is 4.74 Å². The molecular formula is C22H24N4O4. The second-order valence-electron chi connectivity index (χ2n) is 7.07. The first-order valence-corrected chi connectivity index (χ1v) is 9.72. The molecule has 156 valence electrons. The molecule has 1 aromatic heterocycles. The van der Waals surface area contributed by atoms with Gasteiger partial charge in [0.05, 0.1) is 39.1 Å². The summed E-state index contributed by atoms with van der Waals surface area (Å²) in [6, 6.07) is 15.3. The minimum absolute atomic E-state index is 0.234. The van der Waals surface area contributed by atoms with Crippen molar-refractivity contribution in [2.24, 2.45) is 0 Å². The topological polar surface area (TPSA) is 78.7 Å². The number of nitrogens with zero attached hydrogens (tertiary/aromatic N) is 4. The molecule has 8 heteroatoms. The van der Waals surface area contributed by atoms with Crippen LogP contribution in [0.5, 0.6) is 5.75 Å². The fourth-order valence-electron chi connectivity index (χ4n) is 3.51. The van der Waals surface area contributed by atoms with Crippen molar-refractivity contribution in [3.8, 4) is 5.75 Å². The van der Waals surface area contributed by atoms with Gasteiger partial charge in [0.2, 0.25) is 0 Å². The molecular weight excluding hydrogens is 384 g/mol. The van der Waals surface area contributed by atoms with E-state index in [1.807, 2.05) is 30.5 Å². The Balaban J connectivity index is 1.44. The average molecular weight is 408 g/mol. The van der Waals surface area contributed by atoms with Crippen molar-refractivity contribution >= 4 is 5.97 Å². The molecule has 0 saturated carbocycles. The molecule has 1 aliphatic heterocycles. The number of benzene rings is 2. The first-order chi connectivity index (χ1) is 14.7. The fourth-order valence-corrected chi connectivity index (χ4v) is 3.51. The molecule has 30 heavy (non-hydrogen) atoms. The zero-order valence-corrected chi connectivity index (χ0v) is 17.0. The highest BCUT2D eigenvalue weighted by Gasteiger charge is 2.29. The quantitative estimate of drug-likeness (QED) is 0.556. The number of carbonyl (C=O) groups excluding carboxylic acids is 1. The van der Waals surface area contributed by atoms with Gasteiger partial charge in [-0.2, -0.15) is 0 Å². The number of hydrogen-bond donors (Lipinski definition) is 0. The van der Waals surface area contributed by atoms with Crippen LogP contribution in [0.2, 0.25) is 0 Å². The Morgan fingerprint density at radius 2 is 1.97 bits per heavy atom. The molecule has 2 heterocycles. The summed E-state index contributed by atoms with van der Waals surface area (Å²) in [7, 11) is 3.03. The van der Waals surface area contributed by atoms with Gasteiger partial charge < -0.3 is 14.2 Å². The van der Waals surface area contributed by atoms with Crippen LogP contribution in [0.25, 0.3) is 0 Å². The molecule has 1 aliphatic rings. The Morgan fingerprint density at radius 1 is 1.13 bits per heavy atom. The van der Waals surface area contributed by atoms with Gasteiger partial charge in [-0.1, -0.05) is 29.5 Å². The first kappa shape index (κ1) is 20.1. The fraction of sp³-hybridized carbons (Fsp3) is 0.318. The third kappa shape index (κ3) is 4.50. The molecule has 0 N–H and O–H groups in total. The lowest BCUT2D eigenvalue weighted by Gasteiger charge is -2.21. The molecule has 0 radical (unpaired) electrons. The van der Waals surface area contributed by atoms with E-state index in [4.69, 9.17) is 14.2 Å². The number of rotatable bonds is 7. The minimum atomic E-state index is -0.357. The molecule has 8 nitrogen and oxygen atoms in total. The lowest BCUT2D eigenvalue weighted by Crippen LogP contribution is -2.23. The van der Waals surface area contributed by atoms with Gasteiger partial charge >= 0.3 is 5.97 Å². The van der Waals surface area contributed by atoms with Gasteiger partial charge in [-0.25, -0.2) is 9.48 Å². The van der Waals surface area contributed by atoms with Crippen LogP contribution in [0.4, 0.5) is 0 Å². The maximum atomic E-state index is 11.7. The van der Waals surface area contributed by atoms with E-state index in [2.05, 4.69) is 27.3 Å². The van der Waals surface area contributed by atoms with Crippen LogP contribution >= 0.6 is 0 Å². The van der Waals surface area contributed by atoms with Crippen molar-refractivity contribution in [1.82, 2.24) is 19.9 Å². The van der Waals surface area contributed by atoms with E-state index in [0.717, 1.165) is 30.1 Å². The van der Waals surface area contributed by atoms with E-state index in [0.29, 0.717) is 18.7 Å². The lowest BCUT2D eigenvalue weighted by atomic mass is 10.1. The van der Waals surface area contributed by atoms with Gasteiger partial charge in [0.1, 0.15) is 11.4 Å². The van der Waals surface area contributed by atoms with Gasteiger partial charge in [0, 0.05) is 13.1 Å². The summed E-state index contributed by atoms with van der Waals surface area (Å²) >= 11 is 0. The summed E-state index contributed by atoms with van der Waals surface area (Å²) in [5, 5.41) is 8.56. The van der Waals surface area contributed by atoms with E-state index in [-0.39, 0.29) is 12.2 Å². The molecule has 1 saturated heterocycles. The van der Waals surface area contributed by atoms with Crippen molar-refractivity contribution in [3.63, 3.8) is 0 Å². The van der Waals surface area contributed by atoms with Crippen LogP contribution in [0.1, 0.15) is 33.4 Å². The van der Waals surface area contributed by atoms with Crippen molar-refractivity contribution in [2.75, 3.05) is 27.4 Å². The number of hydrogen-bond acceptors (Lipinski definition) is 7. The molecule has 3 aromatic rings. The predicted octanol–water partition coefficient (Wildman–Crippen LogP) is 2.65. The summed E-state index contributed by atoms with van der Waals surface area (Å²) < 4.78 is 17.7. The molecule has 0 aliphatic carbocycles. The second kappa shape index (κ2) is 9.06. The number of carbonyl (C=O) groups is 1. The van der Waals surface area contributed by atoms with Crippen molar-refractivity contribution in [3.05, 3.63) is 77.1 Å². The number of ether oxygens (including phenoxy) is 3. The van der Waals surface area contributed by atoms with E-state index >= 15 is 0 Å². The summed E-state index contributed by atoms with van der Waals surface area (Å²) in [5.41, 5.74) is 3.40. The highest BCUT2D eigenvalue weighted by Crippen LogP contribution is 2.27.